The first-order valence-corrected chi connectivity index (χ1v) is 30.7. The number of aryl methyl sites for hydroxylation is 3. The van der Waals surface area contributed by atoms with Gasteiger partial charge in [0.05, 0.1) is 33.5 Å². The number of para-hydroxylation sites is 3. The van der Waals surface area contributed by atoms with Crippen molar-refractivity contribution in [2.45, 2.75) is 84.4 Å². The molecule has 0 aliphatic carbocycles. The number of rotatable bonds is 7. The van der Waals surface area contributed by atoms with Gasteiger partial charge in [0.2, 0.25) is 5.71 Å². The molecule has 5 heterocycles. The minimum absolute atomic E-state index is 0. The Morgan fingerprint density at radius 1 is 0.754 bits per heavy atom. The van der Waals surface area contributed by atoms with Crippen LogP contribution in [-0.2, 0) is 31.9 Å². The van der Waals surface area contributed by atoms with Crippen LogP contribution in [0.25, 0.3) is 88.9 Å². The molecule has 0 bridgehead atoms. The molecule has 6 aromatic carbocycles. The molecule has 1 radical (unpaired) electrons. The zero-order chi connectivity index (χ0) is 51.9. The summed E-state index contributed by atoms with van der Waals surface area (Å²) >= 11 is -2.61. The smallest absolute Gasteiger partial charge is 0 e. The van der Waals surface area contributed by atoms with Crippen LogP contribution in [0.15, 0.2) is 144 Å². The maximum Gasteiger partial charge on any atom is 0 e. The maximum atomic E-state index is 8.63. The van der Waals surface area contributed by atoms with Gasteiger partial charge >= 0.3 is 139 Å². The van der Waals surface area contributed by atoms with E-state index >= 15 is 0 Å². The van der Waals surface area contributed by atoms with Crippen molar-refractivity contribution in [2.24, 2.45) is 5.92 Å². The van der Waals surface area contributed by atoms with Crippen LogP contribution in [0.1, 0.15) is 69.4 Å². The number of furan rings is 1. The molecular weight excluding hydrogens is 1080 g/mol. The fraction of sp³-hybridized carbons (Fsp3) is 0.230. The average Bonchev–Trinajstić information content (AvgIpc) is 4.03. The molecule has 0 spiro atoms. The zero-order valence-corrected chi connectivity index (χ0v) is 45.3. The Balaban J connectivity index is 0.000000213. The van der Waals surface area contributed by atoms with E-state index in [2.05, 4.69) is 162 Å². The van der Waals surface area contributed by atoms with Crippen LogP contribution < -0.4 is 4.40 Å². The molecule has 0 unspecified atom stereocenters. The summed E-state index contributed by atoms with van der Waals surface area (Å²) in [6.07, 6.45) is 0.142. The minimum atomic E-state index is -2.61. The second-order valence-electron chi connectivity index (χ2n) is 20.1. The molecule has 0 fully saturated rings. The second kappa shape index (κ2) is 18.7. The normalized spacial score (nSPS) is 13.5. The summed E-state index contributed by atoms with van der Waals surface area (Å²) in [6, 6.07) is 51.9. The summed E-state index contributed by atoms with van der Waals surface area (Å²) in [5.74, 6) is 6.84. The van der Waals surface area contributed by atoms with Gasteiger partial charge in [-0.05, 0) is 84.5 Å². The Labute approximate surface area is 429 Å². The van der Waals surface area contributed by atoms with Gasteiger partial charge in [-0.2, -0.15) is 0 Å². The van der Waals surface area contributed by atoms with Gasteiger partial charge in [0.25, 0.3) is 0 Å². The first-order chi connectivity index (χ1) is 34.6. The van der Waals surface area contributed by atoms with Gasteiger partial charge < -0.3 is 13.6 Å². The molecule has 11 aromatic rings. The first kappa shape index (κ1) is 41.8. The van der Waals surface area contributed by atoms with Gasteiger partial charge in [0.1, 0.15) is 0 Å². The van der Waals surface area contributed by atoms with Crippen LogP contribution in [0.3, 0.4) is 0 Å². The van der Waals surface area contributed by atoms with Crippen LogP contribution in [0.2, 0.25) is 17.3 Å². The topological polar surface area (TPSA) is 61.7 Å². The molecule has 0 saturated heterocycles. The van der Waals surface area contributed by atoms with E-state index in [1.165, 1.54) is 38.5 Å². The van der Waals surface area contributed by atoms with E-state index in [9.17, 15) is 0 Å². The van der Waals surface area contributed by atoms with Crippen LogP contribution in [-0.4, -0.2) is 37.4 Å². The fourth-order valence-corrected chi connectivity index (χ4v) is 12.4. The van der Waals surface area contributed by atoms with E-state index in [-0.39, 0.29) is 37.1 Å². The molecule has 11 rings (SSSR count). The van der Waals surface area contributed by atoms with Gasteiger partial charge in [-0.25, -0.2) is 4.98 Å². The molecule has 0 aliphatic heterocycles. The third-order valence-electron chi connectivity index (χ3n) is 12.8. The van der Waals surface area contributed by atoms with Crippen LogP contribution in [0.5, 0.6) is 0 Å². The van der Waals surface area contributed by atoms with Crippen molar-refractivity contribution >= 4 is 72.6 Å². The van der Waals surface area contributed by atoms with Gasteiger partial charge in [-0.15, -0.1) is 18.2 Å². The predicted octanol–water partition coefficient (Wildman–Crippen LogP) is 15.4. The third kappa shape index (κ3) is 8.79. The SMILES string of the molecule is Cc1cc2c3ccc(C(C)(C)C)cc3n(-c3ccccc3)c2c(C)c1-n1c(-c2[c-]ccc3c2oc2ncccc23)nc2ccccc21.[2H]C([2H])([2H])c1nc(-c2[c-]cccc2)c(C([2H])([2H])C(C)C)c[c]1[Ge]([CH3])([CH3])[CH3].[Ir]. The maximum absolute atomic E-state index is 8.63. The minimum Gasteiger partial charge on any atom is 0 e. The van der Waals surface area contributed by atoms with E-state index in [1.54, 1.807) is 24.4 Å². The van der Waals surface area contributed by atoms with Gasteiger partial charge in [0, 0.05) is 53.8 Å². The number of pyridine rings is 2. The second-order valence-corrected chi connectivity index (χ2v) is 30.7. The third-order valence-corrected chi connectivity index (χ3v) is 17.0. The van der Waals surface area contributed by atoms with E-state index in [0.717, 1.165) is 54.5 Å². The molecule has 0 amide bonds. The zero-order valence-electron chi connectivity index (χ0n) is 45.8. The summed E-state index contributed by atoms with van der Waals surface area (Å²) in [5, 5.41) is 4.48. The summed E-state index contributed by atoms with van der Waals surface area (Å²) in [4.78, 5) is 14.3. The number of fused-ring (bicyclic) bond motifs is 7. The van der Waals surface area contributed by atoms with Crippen molar-refractivity contribution < 1.29 is 31.4 Å². The molecule has 0 N–H and O–H groups in total. The molecule has 0 saturated carbocycles. The van der Waals surface area contributed by atoms with Crippen molar-refractivity contribution in [1.29, 1.82) is 0 Å². The summed E-state index contributed by atoms with van der Waals surface area (Å²) in [7, 11) is 0. The molecule has 349 valence electrons. The molecule has 69 heavy (non-hydrogen) atoms. The number of imidazole rings is 1. The first-order valence-electron chi connectivity index (χ1n) is 25.9. The van der Waals surface area contributed by atoms with Gasteiger partial charge in [0.15, 0.2) is 0 Å². The molecule has 5 aromatic heterocycles. The Morgan fingerprint density at radius 2 is 1.52 bits per heavy atom. The fourth-order valence-electron chi connectivity index (χ4n) is 9.59. The van der Waals surface area contributed by atoms with Crippen molar-refractivity contribution in [2.75, 3.05) is 0 Å². The van der Waals surface area contributed by atoms with Crippen LogP contribution >= 0.6 is 0 Å². The van der Waals surface area contributed by atoms with Crippen LogP contribution in [0.4, 0.5) is 0 Å². The molecule has 6 nitrogen and oxygen atoms in total. The van der Waals surface area contributed by atoms with Crippen molar-refractivity contribution in [1.82, 2.24) is 24.1 Å². The van der Waals surface area contributed by atoms with Crippen molar-refractivity contribution in [3.63, 3.8) is 0 Å². The van der Waals surface area contributed by atoms with E-state index in [1.807, 2.05) is 50.2 Å². The summed E-state index contributed by atoms with van der Waals surface area (Å²) in [6.45, 7) is 12.6. The molecule has 8 heteroatoms. The Hall–Kier alpha value is -6.12. The number of benzene rings is 6. The number of hydrogen-bond acceptors (Lipinski definition) is 4. The quantitative estimate of drug-likeness (QED) is 0.118. The standard InChI is InChI=1S/C42H33N4O.C19H26GeN.Ir/c1-25-23-33-29-21-20-27(42(3,4)5)24-36(29)45(28-13-7-6-8-14-28)38(33)26(2)37(25)46-35-19-10-9-18-34(35)44-40(46)32-16-11-15-30-31-17-12-22-43-41(31)47-39(30)32;1-14(2)12-17-13-18(20(4,5)6)15(3)21-19(17)16-10-8-7-9-11-16;/h6-15,17-24H,1-5H3;7-10,13-14H,12H2,1-6H3;/q2*-1;/i;3D3,12D2;. The molecule has 0 atom stereocenters. The van der Waals surface area contributed by atoms with Gasteiger partial charge in [-0.1, -0.05) is 74.2 Å². The van der Waals surface area contributed by atoms with E-state index in [4.69, 9.17) is 16.3 Å². The number of hydrogen-bond donors (Lipinski definition) is 0. The summed E-state index contributed by atoms with van der Waals surface area (Å²) < 4.78 is 53.0. The van der Waals surface area contributed by atoms with E-state index < -0.39 is 26.5 Å². The predicted molar refractivity (Wildman–Crippen MR) is 288 cm³/mol. The van der Waals surface area contributed by atoms with Crippen molar-refractivity contribution in [3.05, 3.63) is 180 Å². The average molecular weight is 1150 g/mol. The Morgan fingerprint density at radius 3 is 2.25 bits per heavy atom. The largest absolute Gasteiger partial charge is 0 e. The number of aromatic nitrogens is 5. The Kier molecular flexibility index (Phi) is 11.3. The number of nitrogens with zero attached hydrogens (tertiary/aromatic N) is 5. The monoisotopic (exact) mass is 1150 g/mol. The molecular formula is C61H59GeIrN5O-2. The van der Waals surface area contributed by atoms with Crippen LogP contribution in [0, 0.1) is 38.8 Å². The Bertz CT molecular complexity index is 3900. The van der Waals surface area contributed by atoms with Crippen molar-refractivity contribution in [3.8, 4) is 34.0 Å². The molecule has 0 aliphatic rings. The summed E-state index contributed by atoms with van der Waals surface area (Å²) in [5.41, 5.74) is 14.0. The van der Waals surface area contributed by atoms with E-state index in [0.29, 0.717) is 22.5 Å². The van der Waals surface area contributed by atoms with Gasteiger partial charge in [-0.3, -0.25) is 4.98 Å².